The van der Waals surface area contributed by atoms with E-state index in [1.165, 1.54) is 6.07 Å². The summed E-state index contributed by atoms with van der Waals surface area (Å²) in [6.45, 7) is 5.40. The van der Waals surface area contributed by atoms with Crippen molar-refractivity contribution in [1.82, 2.24) is 9.80 Å². The minimum Gasteiger partial charge on any atom is -0.380 e. The highest BCUT2D eigenvalue weighted by molar-refractivity contribution is 6.30. The first-order valence-electron chi connectivity index (χ1n) is 12.2. The average Bonchev–Trinajstić information content (AvgIpc) is 3.33. The molecule has 37 heavy (non-hydrogen) atoms. The third-order valence-electron chi connectivity index (χ3n) is 6.84. The first-order chi connectivity index (χ1) is 17.6. The summed E-state index contributed by atoms with van der Waals surface area (Å²) in [5, 5.41) is 14.7. The number of nitro benzene ring substituents is 1. The number of anilines is 2. The van der Waals surface area contributed by atoms with Crippen molar-refractivity contribution in [2.45, 2.75) is 31.5 Å². The van der Waals surface area contributed by atoms with E-state index in [9.17, 15) is 28.1 Å². The molecule has 0 unspecified atom stereocenters. The number of likely N-dealkylation sites (tertiary alicyclic amines) is 1. The van der Waals surface area contributed by atoms with Gasteiger partial charge in [-0.25, -0.2) is 0 Å². The van der Waals surface area contributed by atoms with Gasteiger partial charge in [0.25, 0.3) is 5.69 Å². The van der Waals surface area contributed by atoms with E-state index in [0.29, 0.717) is 31.0 Å². The van der Waals surface area contributed by atoms with Crippen LogP contribution in [0.15, 0.2) is 42.5 Å². The number of amides is 1. The predicted octanol–water partition coefficient (Wildman–Crippen LogP) is 4.88. The number of benzene rings is 2. The summed E-state index contributed by atoms with van der Waals surface area (Å²) in [5.41, 5.74) is -0.968. The SMILES string of the molecule is O=C(CCCN1CCN(c2ccc(Cl)cc2)CC1)N1CC[C@H](Nc2ccc([N+](=O)[O-])c(C(F)(F)F)c2)C1. The van der Waals surface area contributed by atoms with E-state index in [1.807, 2.05) is 24.3 Å². The smallest absolute Gasteiger partial charge is 0.380 e. The fraction of sp³-hybridized carbons (Fsp3) is 0.480. The summed E-state index contributed by atoms with van der Waals surface area (Å²) in [6, 6.07) is 10.5. The Morgan fingerprint density at radius 3 is 2.43 bits per heavy atom. The van der Waals surface area contributed by atoms with Crippen molar-refractivity contribution in [3.8, 4) is 0 Å². The molecular formula is C25H29ClF3N5O3. The van der Waals surface area contributed by atoms with Crippen LogP contribution in [0.5, 0.6) is 0 Å². The minimum atomic E-state index is -4.83. The molecule has 200 valence electrons. The van der Waals surface area contributed by atoms with Crippen molar-refractivity contribution in [2.24, 2.45) is 0 Å². The van der Waals surface area contributed by atoms with Crippen LogP contribution in [0.1, 0.15) is 24.8 Å². The van der Waals surface area contributed by atoms with Crippen LogP contribution in [-0.2, 0) is 11.0 Å². The van der Waals surface area contributed by atoms with Gasteiger partial charge in [0, 0.05) is 74.2 Å². The van der Waals surface area contributed by atoms with E-state index < -0.39 is 22.4 Å². The topological polar surface area (TPSA) is 82.0 Å². The standard InChI is InChI=1S/C25H29ClF3N5O3/c26-18-3-6-21(7-4-18)32-14-12-31(13-15-32)10-1-2-24(35)33-11-9-20(17-33)30-19-5-8-23(34(36)37)22(16-19)25(27,28)29/h3-8,16,20,30H,1-2,9-15,17H2/t20-/m0/s1. The maximum Gasteiger partial charge on any atom is 0.423 e. The molecule has 0 aromatic heterocycles. The number of piperazine rings is 1. The molecule has 1 amide bonds. The van der Waals surface area contributed by atoms with E-state index >= 15 is 0 Å². The zero-order valence-electron chi connectivity index (χ0n) is 20.2. The largest absolute Gasteiger partial charge is 0.423 e. The molecule has 4 rings (SSSR count). The molecule has 2 aliphatic heterocycles. The van der Waals surface area contributed by atoms with Gasteiger partial charge in [-0.2, -0.15) is 13.2 Å². The van der Waals surface area contributed by atoms with Gasteiger partial charge < -0.3 is 15.1 Å². The van der Waals surface area contributed by atoms with Gasteiger partial charge in [0.2, 0.25) is 5.91 Å². The van der Waals surface area contributed by atoms with E-state index in [4.69, 9.17) is 11.6 Å². The Balaban J connectivity index is 1.19. The first-order valence-corrected chi connectivity index (χ1v) is 12.6. The van der Waals surface area contributed by atoms with Crippen LogP contribution in [0.4, 0.5) is 30.2 Å². The zero-order valence-corrected chi connectivity index (χ0v) is 21.0. The third kappa shape index (κ3) is 7.04. The summed E-state index contributed by atoms with van der Waals surface area (Å²) in [7, 11) is 0. The Labute approximate surface area is 218 Å². The van der Waals surface area contributed by atoms with E-state index in [2.05, 4.69) is 15.1 Å². The lowest BCUT2D eigenvalue weighted by atomic mass is 10.1. The molecule has 2 aliphatic rings. The van der Waals surface area contributed by atoms with Crippen LogP contribution < -0.4 is 10.2 Å². The second-order valence-electron chi connectivity index (χ2n) is 9.37. The van der Waals surface area contributed by atoms with E-state index in [0.717, 1.165) is 57.0 Å². The van der Waals surface area contributed by atoms with E-state index in [-0.39, 0.29) is 17.6 Å². The summed E-state index contributed by atoms with van der Waals surface area (Å²) in [6.07, 6.45) is -3.08. The Morgan fingerprint density at radius 2 is 1.78 bits per heavy atom. The number of nitrogens with zero attached hydrogens (tertiary/aromatic N) is 4. The highest BCUT2D eigenvalue weighted by atomic mass is 35.5. The van der Waals surface area contributed by atoms with Gasteiger partial charge >= 0.3 is 6.18 Å². The molecule has 0 bridgehead atoms. The predicted molar refractivity (Wildman–Crippen MR) is 136 cm³/mol. The molecule has 8 nitrogen and oxygen atoms in total. The highest BCUT2D eigenvalue weighted by Gasteiger charge is 2.38. The number of carbonyl (C=O) groups excluding carboxylic acids is 1. The molecule has 2 aromatic rings. The molecule has 2 aromatic carbocycles. The molecule has 12 heteroatoms. The lowest BCUT2D eigenvalue weighted by molar-refractivity contribution is -0.388. The van der Waals surface area contributed by atoms with Crippen molar-refractivity contribution in [3.63, 3.8) is 0 Å². The molecule has 2 saturated heterocycles. The zero-order chi connectivity index (χ0) is 26.6. The number of nitrogens with one attached hydrogen (secondary N) is 1. The fourth-order valence-electron chi connectivity index (χ4n) is 4.85. The lowest BCUT2D eigenvalue weighted by Gasteiger charge is -2.36. The first kappa shape index (κ1) is 27.0. The van der Waals surface area contributed by atoms with Crippen LogP contribution in [-0.4, -0.2) is 72.5 Å². The van der Waals surface area contributed by atoms with Crippen molar-refractivity contribution >= 4 is 34.6 Å². The van der Waals surface area contributed by atoms with Crippen molar-refractivity contribution in [2.75, 3.05) is 56.0 Å². The summed E-state index contributed by atoms with van der Waals surface area (Å²) in [4.78, 5) is 29.0. The van der Waals surface area contributed by atoms with Gasteiger partial charge in [0.05, 0.1) is 4.92 Å². The highest BCUT2D eigenvalue weighted by Crippen LogP contribution is 2.37. The number of nitro groups is 1. The van der Waals surface area contributed by atoms with E-state index in [1.54, 1.807) is 4.90 Å². The number of carbonyl (C=O) groups is 1. The minimum absolute atomic E-state index is 0.0313. The fourth-order valence-corrected chi connectivity index (χ4v) is 4.97. The van der Waals surface area contributed by atoms with Crippen molar-refractivity contribution < 1.29 is 22.9 Å². The average molecular weight is 540 g/mol. The van der Waals surface area contributed by atoms with Crippen LogP contribution in [0.2, 0.25) is 5.02 Å². The second-order valence-corrected chi connectivity index (χ2v) is 9.80. The molecular weight excluding hydrogens is 511 g/mol. The molecule has 2 fully saturated rings. The van der Waals surface area contributed by atoms with Crippen LogP contribution in [0.25, 0.3) is 0 Å². The molecule has 0 spiro atoms. The van der Waals surface area contributed by atoms with Gasteiger partial charge in [-0.05, 0) is 55.8 Å². The molecule has 0 radical (unpaired) electrons. The number of halogens is 4. The second kappa shape index (κ2) is 11.6. The van der Waals surface area contributed by atoms with Crippen LogP contribution >= 0.6 is 11.6 Å². The molecule has 2 heterocycles. The Hall–Kier alpha value is -3.05. The summed E-state index contributed by atoms with van der Waals surface area (Å²) in [5.74, 6) is 0.0313. The molecule has 0 aliphatic carbocycles. The maximum atomic E-state index is 13.2. The number of rotatable bonds is 8. The molecule has 1 N–H and O–H groups in total. The van der Waals surface area contributed by atoms with Crippen LogP contribution in [0, 0.1) is 10.1 Å². The van der Waals surface area contributed by atoms with Gasteiger partial charge in [-0.15, -0.1) is 0 Å². The quantitative estimate of drug-likeness (QED) is 0.380. The van der Waals surface area contributed by atoms with Gasteiger partial charge in [0.1, 0.15) is 5.56 Å². The maximum absolute atomic E-state index is 13.2. The Bertz CT molecular complexity index is 1110. The lowest BCUT2D eigenvalue weighted by Crippen LogP contribution is -2.46. The molecule has 1 atom stereocenters. The summed E-state index contributed by atoms with van der Waals surface area (Å²) < 4.78 is 39.7. The van der Waals surface area contributed by atoms with Gasteiger partial charge in [-0.3, -0.25) is 19.8 Å². The number of hydrogen-bond donors (Lipinski definition) is 1. The Morgan fingerprint density at radius 1 is 1.08 bits per heavy atom. The van der Waals surface area contributed by atoms with Gasteiger partial charge in [0.15, 0.2) is 0 Å². The van der Waals surface area contributed by atoms with Gasteiger partial charge in [-0.1, -0.05) is 11.6 Å². The van der Waals surface area contributed by atoms with Crippen molar-refractivity contribution in [1.29, 1.82) is 0 Å². The summed E-state index contributed by atoms with van der Waals surface area (Å²) >= 11 is 5.96. The molecule has 0 saturated carbocycles. The number of hydrogen-bond acceptors (Lipinski definition) is 6. The third-order valence-corrected chi connectivity index (χ3v) is 7.09. The monoisotopic (exact) mass is 539 g/mol. The Kier molecular flexibility index (Phi) is 8.43. The number of alkyl halides is 3. The van der Waals surface area contributed by atoms with Crippen LogP contribution in [0.3, 0.4) is 0 Å². The van der Waals surface area contributed by atoms with Crippen molar-refractivity contribution in [3.05, 3.63) is 63.2 Å². The normalized spacial score (nSPS) is 18.8.